The fraction of sp³-hybridized carbons (Fsp3) is 0.222. The summed E-state index contributed by atoms with van der Waals surface area (Å²) in [7, 11) is 0. The van der Waals surface area contributed by atoms with Crippen molar-refractivity contribution < 1.29 is 9.59 Å². The first-order valence-corrected chi connectivity index (χ1v) is 7.35. The molecule has 2 aromatic carbocycles. The average Bonchev–Trinajstić information content (AvgIpc) is 2.94. The molecule has 0 saturated carbocycles. The van der Waals surface area contributed by atoms with E-state index in [1.807, 2.05) is 56.3 Å². The molecule has 0 radical (unpaired) electrons. The van der Waals surface area contributed by atoms with Crippen LogP contribution in [-0.4, -0.2) is 18.4 Å². The molecular weight excluding hydrogens is 276 g/mol. The molecule has 0 fully saturated rings. The number of anilines is 2. The zero-order chi connectivity index (χ0) is 15.7. The van der Waals surface area contributed by atoms with Gasteiger partial charge in [0.15, 0.2) is 0 Å². The molecule has 22 heavy (non-hydrogen) atoms. The molecule has 0 aliphatic carbocycles. The van der Waals surface area contributed by atoms with Gasteiger partial charge in [0.1, 0.15) is 0 Å². The Labute approximate surface area is 129 Å². The number of rotatable bonds is 1. The fourth-order valence-corrected chi connectivity index (χ4v) is 2.85. The van der Waals surface area contributed by atoms with E-state index < -0.39 is 11.8 Å². The molecule has 1 aliphatic rings. The van der Waals surface area contributed by atoms with Crippen LogP contribution in [-0.2, 0) is 16.0 Å². The quantitative estimate of drug-likeness (QED) is 0.822. The summed E-state index contributed by atoms with van der Waals surface area (Å²) in [6.07, 6.45) is 0.790. The second kappa shape index (κ2) is 5.64. The largest absolute Gasteiger partial charge is 0.317 e. The average molecular weight is 294 g/mol. The van der Waals surface area contributed by atoms with Crippen molar-refractivity contribution in [2.75, 3.05) is 16.8 Å². The van der Waals surface area contributed by atoms with Gasteiger partial charge in [-0.05, 0) is 43.0 Å². The molecule has 0 unspecified atom stereocenters. The maximum Gasteiger partial charge on any atom is 0.316 e. The van der Waals surface area contributed by atoms with Gasteiger partial charge < -0.3 is 10.2 Å². The zero-order valence-electron chi connectivity index (χ0n) is 12.7. The molecule has 112 valence electrons. The standard InChI is InChI=1S/C18H18N2O2/c1-12-6-5-7-13(2)16(12)19-17(21)18(22)20-11-10-14-8-3-4-9-15(14)20/h3-9H,10-11H2,1-2H3,(H,19,21). The predicted octanol–water partition coefficient (Wildman–Crippen LogP) is 2.83. The minimum absolute atomic E-state index is 0.507. The molecule has 0 bridgehead atoms. The van der Waals surface area contributed by atoms with Crippen LogP contribution >= 0.6 is 0 Å². The summed E-state index contributed by atoms with van der Waals surface area (Å²) >= 11 is 0. The van der Waals surface area contributed by atoms with Gasteiger partial charge in [-0.2, -0.15) is 0 Å². The first-order chi connectivity index (χ1) is 10.6. The summed E-state index contributed by atoms with van der Waals surface area (Å²) < 4.78 is 0. The van der Waals surface area contributed by atoms with Gasteiger partial charge in [0, 0.05) is 17.9 Å². The lowest BCUT2D eigenvalue weighted by Crippen LogP contribution is -2.39. The van der Waals surface area contributed by atoms with Crippen molar-refractivity contribution in [3.8, 4) is 0 Å². The number of para-hydroxylation sites is 2. The van der Waals surface area contributed by atoms with Gasteiger partial charge in [0.25, 0.3) is 0 Å². The smallest absolute Gasteiger partial charge is 0.316 e. The van der Waals surface area contributed by atoms with E-state index in [2.05, 4.69) is 5.32 Å². The molecule has 0 aromatic heterocycles. The second-order valence-electron chi connectivity index (χ2n) is 5.56. The first kappa shape index (κ1) is 14.3. The highest BCUT2D eigenvalue weighted by molar-refractivity contribution is 6.44. The highest BCUT2D eigenvalue weighted by Gasteiger charge is 2.29. The van der Waals surface area contributed by atoms with Crippen molar-refractivity contribution in [1.82, 2.24) is 0 Å². The summed E-state index contributed by atoms with van der Waals surface area (Å²) in [5, 5.41) is 2.76. The van der Waals surface area contributed by atoms with E-state index in [-0.39, 0.29) is 0 Å². The maximum absolute atomic E-state index is 12.4. The minimum atomic E-state index is -0.589. The lowest BCUT2D eigenvalue weighted by molar-refractivity contribution is -0.134. The predicted molar refractivity (Wildman–Crippen MR) is 87.0 cm³/mol. The molecule has 3 rings (SSSR count). The third kappa shape index (κ3) is 2.48. The Bertz CT molecular complexity index is 732. The Hall–Kier alpha value is -2.62. The van der Waals surface area contributed by atoms with Crippen LogP contribution in [0.1, 0.15) is 16.7 Å². The van der Waals surface area contributed by atoms with Crippen LogP contribution < -0.4 is 10.2 Å². The first-order valence-electron chi connectivity index (χ1n) is 7.35. The van der Waals surface area contributed by atoms with Crippen LogP contribution in [0.3, 0.4) is 0 Å². The molecule has 4 nitrogen and oxygen atoms in total. The van der Waals surface area contributed by atoms with Crippen molar-refractivity contribution >= 4 is 23.2 Å². The van der Waals surface area contributed by atoms with Crippen molar-refractivity contribution in [3.05, 3.63) is 59.2 Å². The van der Waals surface area contributed by atoms with Gasteiger partial charge in [0.2, 0.25) is 0 Å². The molecule has 2 aromatic rings. The van der Waals surface area contributed by atoms with E-state index in [1.54, 1.807) is 4.90 Å². The fourth-order valence-electron chi connectivity index (χ4n) is 2.85. The SMILES string of the molecule is Cc1cccc(C)c1NC(=O)C(=O)N1CCc2ccccc21. The molecule has 4 heteroatoms. The van der Waals surface area contributed by atoms with Crippen molar-refractivity contribution in [1.29, 1.82) is 0 Å². The molecule has 1 aliphatic heterocycles. The molecule has 0 spiro atoms. The number of amides is 2. The van der Waals surface area contributed by atoms with Gasteiger partial charge in [0.05, 0.1) is 0 Å². The molecular formula is C18H18N2O2. The number of carbonyl (C=O) groups is 2. The number of hydrogen-bond acceptors (Lipinski definition) is 2. The van der Waals surface area contributed by atoms with Crippen LogP contribution in [0.25, 0.3) is 0 Å². The zero-order valence-corrected chi connectivity index (χ0v) is 12.7. The Morgan fingerprint density at radius 3 is 2.41 bits per heavy atom. The van der Waals surface area contributed by atoms with E-state index in [1.165, 1.54) is 0 Å². The molecule has 0 atom stereocenters. The molecule has 1 N–H and O–H groups in total. The highest BCUT2D eigenvalue weighted by Crippen LogP contribution is 2.28. The number of hydrogen-bond donors (Lipinski definition) is 1. The van der Waals surface area contributed by atoms with Gasteiger partial charge in [-0.15, -0.1) is 0 Å². The van der Waals surface area contributed by atoms with E-state index in [4.69, 9.17) is 0 Å². The topological polar surface area (TPSA) is 49.4 Å². The summed E-state index contributed by atoms with van der Waals surface area (Å²) in [6, 6.07) is 13.5. The van der Waals surface area contributed by atoms with E-state index in [0.717, 1.165) is 28.8 Å². The molecule has 0 saturated heterocycles. The lowest BCUT2D eigenvalue weighted by Gasteiger charge is -2.18. The summed E-state index contributed by atoms with van der Waals surface area (Å²) in [4.78, 5) is 26.3. The van der Waals surface area contributed by atoms with Gasteiger partial charge in [-0.25, -0.2) is 0 Å². The van der Waals surface area contributed by atoms with Gasteiger partial charge in [-0.1, -0.05) is 36.4 Å². The Morgan fingerprint density at radius 2 is 1.68 bits per heavy atom. The van der Waals surface area contributed by atoms with Gasteiger partial charge in [-0.3, -0.25) is 9.59 Å². The van der Waals surface area contributed by atoms with Crippen LogP contribution in [0.5, 0.6) is 0 Å². The molecule has 1 heterocycles. The maximum atomic E-state index is 12.4. The van der Waals surface area contributed by atoms with E-state index >= 15 is 0 Å². The van der Waals surface area contributed by atoms with Gasteiger partial charge >= 0.3 is 11.8 Å². The van der Waals surface area contributed by atoms with Crippen LogP contribution in [0.4, 0.5) is 11.4 Å². The second-order valence-corrected chi connectivity index (χ2v) is 5.56. The Kier molecular flexibility index (Phi) is 3.67. The Balaban J connectivity index is 1.81. The third-order valence-electron chi connectivity index (χ3n) is 4.05. The Morgan fingerprint density at radius 1 is 1.00 bits per heavy atom. The number of fused-ring (bicyclic) bond motifs is 1. The summed E-state index contributed by atoms with van der Waals surface area (Å²) in [6.45, 7) is 4.38. The van der Waals surface area contributed by atoms with Crippen molar-refractivity contribution in [2.24, 2.45) is 0 Å². The molecule has 2 amide bonds. The number of nitrogens with one attached hydrogen (secondary N) is 1. The number of nitrogens with zero attached hydrogens (tertiary/aromatic N) is 1. The number of carbonyl (C=O) groups excluding carboxylic acids is 2. The number of benzene rings is 2. The number of aryl methyl sites for hydroxylation is 2. The van der Waals surface area contributed by atoms with Crippen molar-refractivity contribution in [2.45, 2.75) is 20.3 Å². The van der Waals surface area contributed by atoms with Crippen LogP contribution in [0, 0.1) is 13.8 Å². The third-order valence-corrected chi connectivity index (χ3v) is 4.05. The summed E-state index contributed by atoms with van der Waals surface area (Å²) in [5.41, 5.74) is 4.55. The van der Waals surface area contributed by atoms with E-state index in [9.17, 15) is 9.59 Å². The highest BCUT2D eigenvalue weighted by atomic mass is 16.2. The van der Waals surface area contributed by atoms with Crippen LogP contribution in [0.2, 0.25) is 0 Å². The van der Waals surface area contributed by atoms with Crippen molar-refractivity contribution in [3.63, 3.8) is 0 Å². The monoisotopic (exact) mass is 294 g/mol. The lowest BCUT2D eigenvalue weighted by atomic mass is 10.1. The normalized spacial score (nSPS) is 12.9. The summed E-state index contributed by atoms with van der Waals surface area (Å²) in [5.74, 6) is -1.10. The van der Waals surface area contributed by atoms with Crippen LogP contribution in [0.15, 0.2) is 42.5 Å². The van der Waals surface area contributed by atoms with E-state index in [0.29, 0.717) is 12.2 Å². The minimum Gasteiger partial charge on any atom is -0.317 e.